The lowest BCUT2D eigenvalue weighted by atomic mass is 10.3. The summed E-state index contributed by atoms with van der Waals surface area (Å²) in [5.74, 6) is 1.96. The van der Waals surface area contributed by atoms with Gasteiger partial charge in [0.15, 0.2) is 0 Å². The first-order valence-electron chi connectivity index (χ1n) is 5.06. The van der Waals surface area contributed by atoms with Gasteiger partial charge >= 0.3 is 0 Å². The van der Waals surface area contributed by atoms with Crippen LogP contribution in [0.25, 0.3) is 0 Å². The predicted octanol–water partition coefficient (Wildman–Crippen LogP) is 3.72. The Morgan fingerprint density at radius 1 is 1.00 bits per heavy atom. The van der Waals surface area contributed by atoms with Gasteiger partial charge in [0.25, 0.3) is 0 Å². The molecular weight excluding hydrogens is 238 g/mol. The van der Waals surface area contributed by atoms with Crippen molar-refractivity contribution in [2.24, 2.45) is 0 Å². The maximum atomic E-state index is 6.06. The van der Waals surface area contributed by atoms with Crippen molar-refractivity contribution < 1.29 is 9.47 Å². The summed E-state index contributed by atoms with van der Waals surface area (Å²) < 4.78 is 10.7. The van der Waals surface area contributed by atoms with Crippen molar-refractivity contribution in [1.29, 1.82) is 0 Å². The molecule has 0 aliphatic rings. The van der Waals surface area contributed by atoms with E-state index in [1.807, 2.05) is 0 Å². The van der Waals surface area contributed by atoms with Crippen molar-refractivity contribution in [3.8, 4) is 17.2 Å². The average Bonchev–Trinajstić information content (AvgIpc) is 2.34. The smallest absolute Gasteiger partial charge is 0.146 e. The van der Waals surface area contributed by atoms with Gasteiger partial charge in [-0.1, -0.05) is 11.6 Å². The van der Waals surface area contributed by atoms with E-state index in [2.05, 4.69) is 0 Å². The standard InChI is InChI=1S/C13H12ClNO2/c1-16-11-6-7-13(12(14)8-11)17-10-4-2-9(15)3-5-10/h2-8H,15H2,1H3. The highest BCUT2D eigenvalue weighted by Gasteiger charge is 2.04. The summed E-state index contributed by atoms with van der Waals surface area (Å²) in [5.41, 5.74) is 6.28. The highest BCUT2D eigenvalue weighted by atomic mass is 35.5. The Hall–Kier alpha value is -1.87. The van der Waals surface area contributed by atoms with Gasteiger partial charge in [-0.3, -0.25) is 0 Å². The number of nitrogen functional groups attached to an aromatic ring is 1. The number of halogens is 1. The minimum Gasteiger partial charge on any atom is -0.497 e. The summed E-state index contributed by atoms with van der Waals surface area (Å²) in [7, 11) is 1.59. The topological polar surface area (TPSA) is 44.5 Å². The number of ether oxygens (including phenoxy) is 2. The number of benzene rings is 2. The molecule has 0 radical (unpaired) electrons. The number of anilines is 1. The van der Waals surface area contributed by atoms with Gasteiger partial charge in [-0.25, -0.2) is 0 Å². The molecule has 2 aromatic carbocycles. The molecule has 0 aliphatic heterocycles. The molecule has 17 heavy (non-hydrogen) atoms. The van der Waals surface area contributed by atoms with Gasteiger partial charge in [-0.2, -0.15) is 0 Å². The van der Waals surface area contributed by atoms with E-state index in [9.17, 15) is 0 Å². The highest BCUT2D eigenvalue weighted by Crippen LogP contribution is 2.32. The normalized spacial score (nSPS) is 10.0. The molecule has 0 fully saturated rings. The molecule has 2 aromatic rings. The lowest BCUT2D eigenvalue weighted by molar-refractivity contribution is 0.413. The second-order valence-corrected chi connectivity index (χ2v) is 3.87. The molecule has 2 rings (SSSR count). The molecule has 0 saturated heterocycles. The van der Waals surface area contributed by atoms with Crippen LogP contribution in [0.5, 0.6) is 17.2 Å². The van der Waals surface area contributed by atoms with E-state index in [0.29, 0.717) is 28.0 Å². The van der Waals surface area contributed by atoms with Crippen LogP contribution < -0.4 is 15.2 Å². The Labute approximate surface area is 105 Å². The van der Waals surface area contributed by atoms with Crippen molar-refractivity contribution >= 4 is 17.3 Å². The Morgan fingerprint density at radius 2 is 1.65 bits per heavy atom. The molecule has 0 aliphatic carbocycles. The fraction of sp³-hybridized carbons (Fsp3) is 0.0769. The Bertz CT molecular complexity index is 511. The van der Waals surface area contributed by atoms with E-state index >= 15 is 0 Å². The lowest BCUT2D eigenvalue weighted by Crippen LogP contribution is -1.88. The van der Waals surface area contributed by atoms with Gasteiger partial charge in [0.2, 0.25) is 0 Å². The SMILES string of the molecule is COc1ccc(Oc2ccc(N)cc2)c(Cl)c1. The zero-order valence-electron chi connectivity index (χ0n) is 9.31. The van der Waals surface area contributed by atoms with Crippen LogP contribution in [0, 0.1) is 0 Å². The summed E-state index contributed by atoms with van der Waals surface area (Å²) in [6.07, 6.45) is 0. The van der Waals surface area contributed by atoms with Crippen LogP contribution in [0.15, 0.2) is 42.5 Å². The molecule has 0 unspecified atom stereocenters. The number of nitrogens with two attached hydrogens (primary N) is 1. The molecule has 0 bridgehead atoms. The van der Waals surface area contributed by atoms with Crippen molar-refractivity contribution in [2.45, 2.75) is 0 Å². The second kappa shape index (κ2) is 4.97. The number of hydrogen-bond acceptors (Lipinski definition) is 3. The van der Waals surface area contributed by atoms with Crippen molar-refractivity contribution in [3.05, 3.63) is 47.5 Å². The van der Waals surface area contributed by atoms with Crippen LogP contribution in [-0.2, 0) is 0 Å². The van der Waals surface area contributed by atoms with Crippen LogP contribution in [0.4, 0.5) is 5.69 Å². The summed E-state index contributed by atoms with van der Waals surface area (Å²) in [5, 5.41) is 0.501. The average molecular weight is 250 g/mol. The zero-order chi connectivity index (χ0) is 12.3. The van der Waals surface area contributed by atoms with E-state index in [0.717, 1.165) is 0 Å². The number of methoxy groups -OCH3 is 1. The van der Waals surface area contributed by atoms with E-state index in [1.165, 1.54) is 0 Å². The first-order valence-corrected chi connectivity index (χ1v) is 5.44. The maximum Gasteiger partial charge on any atom is 0.146 e. The third kappa shape index (κ3) is 2.82. The summed E-state index contributed by atoms with van der Waals surface area (Å²) in [6.45, 7) is 0. The number of hydrogen-bond donors (Lipinski definition) is 1. The Kier molecular flexibility index (Phi) is 3.40. The molecule has 0 heterocycles. The molecule has 88 valence electrons. The molecule has 0 aromatic heterocycles. The first-order chi connectivity index (χ1) is 8.19. The molecule has 0 saturated carbocycles. The molecule has 0 spiro atoms. The fourth-order valence-electron chi connectivity index (χ4n) is 1.35. The third-order valence-corrected chi connectivity index (χ3v) is 2.54. The van der Waals surface area contributed by atoms with Gasteiger partial charge in [0.05, 0.1) is 12.1 Å². The van der Waals surface area contributed by atoms with Crippen LogP contribution >= 0.6 is 11.6 Å². The van der Waals surface area contributed by atoms with E-state index < -0.39 is 0 Å². The molecule has 0 atom stereocenters. The second-order valence-electron chi connectivity index (χ2n) is 3.47. The zero-order valence-corrected chi connectivity index (χ0v) is 10.1. The third-order valence-electron chi connectivity index (χ3n) is 2.25. The summed E-state index contributed by atoms with van der Waals surface area (Å²) >= 11 is 6.06. The van der Waals surface area contributed by atoms with Crippen molar-refractivity contribution in [1.82, 2.24) is 0 Å². The first kappa shape index (κ1) is 11.6. The van der Waals surface area contributed by atoms with Gasteiger partial charge in [0.1, 0.15) is 17.2 Å². The van der Waals surface area contributed by atoms with Crippen LogP contribution in [0.3, 0.4) is 0 Å². The van der Waals surface area contributed by atoms with Crippen LogP contribution in [-0.4, -0.2) is 7.11 Å². The largest absolute Gasteiger partial charge is 0.497 e. The quantitative estimate of drug-likeness (QED) is 0.843. The van der Waals surface area contributed by atoms with Crippen LogP contribution in [0.2, 0.25) is 5.02 Å². The Morgan fingerprint density at radius 3 is 2.24 bits per heavy atom. The van der Waals surface area contributed by atoms with E-state index in [1.54, 1.807) is 49.6 Å². The van der Waals surface area contributed by atoms with Crippen molar-refractivity contribution in [3.63, 3.8) is 0 Å². The lowest BCUT2D eigenvalue weighted by Gasteiger charge is -2.08. The van der Waals surface area contributed by atoms with E-state index in [-0.39, 0.29) is 0 Å². The molecular formula is C13H12ClNO2. The van der Waals surface area contributed by atoms with Crippen LogP contribution in [0.1, 0.15) is 0 Å². The molecule has 3 nitrogen and oxygen atoms in total. The monoisotopic (exact) mass is 249 g/mol. The van der Waals surface area contributed by atoms with Gasteiger partial charge < -0.3 is 15.2 Å². The Balaban J connectivity index is 2.21. The molecule has 0 amide bonds. The van der Waals surface area contributed by atoms with Gasteiger partial charge in [-0.05, 0) is 36.4 Å². The minimum absolute atomic E-state index is 0.501. The minimum atomic E-state index is 0.501. The van der Waals surface area contributed by atoms with Gasteiger partial charge in [-0.15, -0.1) is 0 Å². The number of rotatable bonds is 3. The van der Waals surface area contributed by atoms with E-state index in [4.69, 9.17) is 26.8 Å². The molecule has 4 heteroatoms. The molecule has 2 N–H and O–H groups in total. The summed E-state index contributed by atoms with van der Waals surface area (Å²) in [4.78, 5) is 0. The predicted molar refractivity (Wildman–Crippen MR) is 68.9 cm³/mol. The summed E-state index contributed by atoms with van der Waals surface area (Å²) in [6, 6.07) is 12.4. The maximum absolute atomic E-state index is 6.06. The fourth-order valence-corrected chi connectivity index (χ4v) is 1.56. The van der Waals surface area contributed by atoms with Crippen molar-refractivity contribution in [2.75, 3.05) is 12.8 Å². The van der Waals surface area contributed by atoms with Gasteiger partial charge in [0, 0.05) is 11.8 Å². The highest BCUT2D eigenvalue weighted by molar-refractivity contribution is 6.32.